The fourth-order valence-corrected chi connectivity index (χ4v) is 2.20. The van der Waals surface area contributed by atoms with Gasteiger partial charge in [0.2, 0.25) is 0 Å². The zero-order valence-corrected chi connectivity index (χ0v) is 12.0. The zero-order valence-electron chi connectivity index (χ0n) is 12.0. The molecular weight excluding hydrogens is 238 g/mol. The number of anilines is 1. The Morgan fingerprint density at radius 3 is 2.53 bits per heavy atom. The second-order valence-electron chi connectivity index (χ2n) is 5.34. The molecule has 0 unspecified atom stereocenters. The lowest BCUT2D eigenvalue weighted by molar-refractivity contribution is 0.261. The maximum Gasteiger partial charge on any atom is 0.119 e. The summed E-state index contributed by atoms with van der Waals surface area (Å²) in [7, 11) is 4.10. The van der Waals surface area contributed by atoms with Crippen LogP contribution in [0.15, 0.2) is 24.3 Å². The molecule has 1 saturated heterocycles. The molecule has 2 N–H and O–H groups in total. The molecule has 19 heavy (non-hydrogen) atoms. The van der Waals surface area contributed by atoms with Crippen LogP contribution in [0.2, 0.25) is 0 Å². The van der Waals surface area contributed by atoms with E-state index >= 15 is 0 Å². The Hall–Kier alpha value is -1.26. The molecule has 0 atom stereocenters. The van der Waals surface area contributed by atoms with E-state index in [2.05, 4.69) is 41.8 Å². The third kappa shape index (κ3) is 5.09. The van der Waals surface area contributed by atoms with Crippen molar-refractivity contribution in [2.24, 2.45) is 0 Å². The van der Waals surface area contributed by atoms with Gasteiger partial charge < -0.3 is 20.3 Å². The summed E-state index contributed by atoms with van der Waals surface area (Å²) >= 11 is 0. The van der Waals surface area contributed by atoms with E-state index in [9.17, 15) is 0 Å². The molecule has 1 aliphatic rings. The maximum absolute atomic E-state index is 5.68. The maximum atomic E-state index is 5.68. The van der Waals surface area contributed by atoms with E-state index in [0.29, 0.717) is 6.04 Å². The van der Waals surface area contributed by atoms with Gasteiger partial charge in [-0.25, -0.2) is 0 Å². The predicted octanol–water partition coefficient (Wildman–Crippen LogP) is 1.79. The molecule has 0 bridgehead atoms. The van der Waals surface area contributed by atoms with E-state index in [4.69, 9.17) is 4.74 Å². The lowest BCUT2D eigenvalue weighted by Gasteiger charge is -2.24. The molecule has 1 fully saturated rings. The van der Waals surface area contributed by atoms with E-state index in [1.54, 1.807) is 0 Å². The SMILES string of the molecule is CN(C)CCOc1ccc(NC2CCNCC2)cc1. The minimum Gasteiger partial charge on any atom is -0.492 e. The summed E-state index contributed by atoms with van der Waals surface area (Å²) in [6.07, 6.45) is 2.39. The minimum absolute atomic E-state index is 0.599. The van der Waals surface area contributed by atoms with Crippen molar-refractivity contribution >= 4 is 5.69 Å². The van der Waals surface area contributed by atoms with Crippen molar-refractivity contribution in [3.05, 3.63) is 24.3 Å². The van der Waals surface area contributed by atoms with Crippen LogP contribution in [0, 0.1) is 0 Å². The Labute approximate surface area is 116 Å². The monoisotopic (exact) mass is 263 g/mol. The van der Waals surface area contributed by atoms with Crippen LogP contribution < -0.4 is 15.4 Å². The zero-order chi connectivity index (χ0) is 13.5. The van der Waals surface area contributed by atoms with Crippen LogP contribution in [0.25, 0.3) is 0 Å². The van der Waals surface area contributed by atoms with Gasteiger partial charge in [0, 0.05) is 18.3 Å². The number of hydrogen-bond acceptors (Lipinski definition) is 4. The summed E-state index contributed by atoms with van der Waals surface area (Å²) in [6, 6.07) is 8.89. The van der Waals surface area contributed by atoms with E-state index in [1.807, 2.05) is 12.1 Å². The van der Waals surface area contributed by atoms with Crippen LogP contribution in [0.3, 0.4) is 0 Å². The number of hydrogen-bond donors (Lipinski definition) is 2. The molecule has 1 aromatic carbocycles. The van der Waals surface area contributed by atoms with Crippen molar-refractivity contribution in [3.8, 4) is 5.75 Å². The highest BCUT2D eigenvalue weighted by Gasteiger charge is 2.12. The molecule has 2 rings (SSSR count). The van der Waals surface area contributed by atoms with Gasteiger partial charge in [0.25, 0.3) is 0 Å². The molecule has 0 amide bonds. The summed E-state index contributed by atoms with van der Waals surface area (Å²) < 4.78 is 5.68. The first kappa shape index (κ1) is 14.2. The lowest BCUT2D eigenvalue weighted by atomic mass is 10.1. The van der Waals surface area contributed by atoms with Crippen molar-refractivity contribution in [1.29, 1.82) is 0 Å². The van der Waals surface area contributed by atoms with E-state index < -0.39 is 0 Å². The smallest absolute Gasteiger partial charge is 0.119 e. The highest BCUT2D eigenvalue weighted by Crippen LogP contribution is 2.18. The minimum atomic E-state index is 0.599. The molecule has 4 nitrogen and oxygen atoms in total. The topological polar surface area (TPSA) is 36.5 Å². The van der Waals surface area contributed by atoms with Crippen molar-refractivity contribution in [2.75, 3.05) is 45.7 Å². The van der Waals surface area contributed by atoms with E-state index in [-0.39, 0.29) is 0 Å². The Morgan fingerprint density at radius 2 is 1.89 bits per heavy atom. The predicted molar refractivity (Wildman–Crippen MR) is 80.0 cm³/mol. The lowest BCUT2D eigenvalue weighted by Crippen LogP contribution is -2.35. The van der Waals surface area contributed by atoms with E-state index in [0.717, 1.165) is 32.0 Å². The van der Waals surface area contributed by atoms with Crippen molar-refractivity contribution in [3.63, 3.8) is 0 Å². The van der Waals surface area contributed by atoms with Gasteiger partial charge in [0.05, 0.1) is 0 Å². The summed E-state index contributed by atoms with van der Waals surface area (Å²) in [6.45, 7) is 3.90. The third-order valence-corrected chi connectivity index (χ3v) is 3.37. The largest absolute Gasteiger partial charge is 0.492 e. The standard InChI is InChI=1S/C15H25N3O/c1-18(2)11-12-19-15-5-3-13(4-6-15)17-14-7-9-16-10-8-14/h3-6,14,16-17H,7-12H2,1-2H3. The number of nitrogens with one attached hydrogen (secondary N) is 2. The molecule has 0 aliphatic carbocycles. The van der Waals surface area contributed by atoms with Crippen LogP contribution >= 0.6 is 0 Å². The molecule has 1 heterocycles. The molecule has 1 aromatic rings. The van der Waals surface area contributed by atoms with Gasteiger partial charge >= 0.3 is 0 Å². The first-order valence-electron chi connectivity index (χ1n) is 7.09. The van der Waals surface area contributed by atoms with Crippen LogP contribution in [-0.4, -0.2) is 51.3 Å². The van der Waals surface area contributed by atoms with Gasteiger partial charge in [-0.3, -0.25) is 0 Å². The molecule has 106 valence electrons. The van der Waals surface area contributed by atoms with Crippen molar-refractivity contribution in [2.45, 2.75) is 18.9 Å². The van der Waals surface area contributed by atoms with Crippen LogP contribution in [0.4, 0.5) is 5.69 Å². The summed E-state index contributed by atoms with van der Waals surface area (Å²) in [5, 5.41) is 6.96. The van der Waals surface area contributed by atoms with Gasteiger partial charge in [0.1, 0.15) is 12.4 Å². The molecule has 0 aromatic heterocycles. The van der Waals surface area contributed by atoms with Crippen molar-refractivity contribution in [1.82, 2.24) is 10.2 Å². The van der Waals surface area contributed by atoms with Crippen molar-refractivity contribution < 1.29 is 4.74 Å². The fraction of sp³-hybridized carbons (Fsp3) is 0.600. The molecule has 0 saturated carbocycles. The third-order valence-electron chi connectivity index (χ3n) is 3.37. The number of likely N-dealkylation sites (N-methyl/N-ethyl adjacent to an activating group) is 1. The second kappa shape index (κ2) is 7.36. The molecular formula is C15H25N3O. The summed E-state index contributed by atoms with van der Waals surface area (Å²) in [4.78, 5) is 2.12. The number of rotatable bonds is 6. The summed E-state index contributed by atoms with van der Waals surface area (Å²) in [5.41, 5.74) is 1.19. The van der Waals surface area contributed by atoms with Gasteiger partial charge in [0.15, 0.2) is 0 Å². The van der Waals surface area contributed by atoms with Crippen LogP contribution in [-0.2, 0) is 0 Å². The average Bonchev–Trinajstić information content (AvgIpc) is 2.42. The fourth-order valence-electron chi connectivity index (χ4n) is 2.20. The Bertz CT molecular complexity index is 358. The highest BCUT2D eigenvalue weighted by molar-refractivity contribution is 5.47. The average molecular weight is 263 g/mol. The summed E-state index contributed by atoms with van der Waals surface area (Å²) in [5.74, 6) is 0.942. The first-order valence-corrected chi connectivity index (χ1v) is 7.09. The van der Waals surface area contributed by atoms with Gasteiger partial charge in [-0.15, -0.1) is 0 Å². The second-order valence-corrected chi connectivity index (χ2v) is 5.34. The number of piperidine rings is 1. The Morgan fingerprint density at radius 1 is 1.21 bits per heavy atom. The van der Waals surface area contributed by atoms with Gasteiger partial charge in [-0.2, -0.15) is 0 Å². The van der Waals surface area contributed by atoms with Crippen LogP contribution in [0.1, 0.15) is 12.8 Å². The van der Waals surface area contributed by atoms with E-state index in [1.165, 1.54) is 18.5 Å². The van der Waals surface area contributed by atoms with Crippen LogP contribution in [0.5, 0.6) is 5.75 Å². The quantitative estimate of drug-likeness (QED) is 0.820. The molecule has 0 radical (unpaired) electrons. The number of nitrogens with zero attached hydrogens (tertiary/aromatic N) is 1. The highest BCUT2D eigenvalue weighted by atomic mass is 16.5. The number of ether oxygens (including phenoxy) is 1. The Balaban J connectivity index is 1.77. The van der Waals surface area contributed by atoms with Gasteiger partial charge in [-0.05, 0) is 64.3 Å². The molecule has 1 aliphatic heterocycles. The molecule has 0 spiro atoms. The number of benzene rings is 1. The first-order chi connectivity index (χ1) is 9.24. The molecule has 4 heteroatoms. The normalized spacial score (nSPS) is 16.6. The van der Waals surface area contributed by atoms with Gasteiger partial charge in [-0.1, -0.05) is 0 Å². The Kier molecular flexibility index (Phi) is 5.48.